The van der Waals surface area contributed by atoms with E-state index in [1.807, 2.05) is 25.1 Å². The molecule has 3 amide bonds. The molecule has 0 spiro atoms. The first-order valence-electron chi connectivity index (χ1n) is 8.27. The number of halogens is 2. The number of carbonyl (C=O) groups is 2. The number of para-hydroxylation sites is 1. The van der Waals surface area contributed by atoms with Gasteiger partial charge in [-0.15, -0.1) is 0 Å². The van der Waals surface area contributed by atoms with Crippen molar-refractivity contribution in [2.75, 3.05) is 11.9 Å². The van der Waals surface area contributed by atoms with Crippen molar-refractivity contribution in [2.24, 2.45) is 0 Å². The van der Waals surface area contributed by atoms with E-state index in [4.69, 9.17) is 0 Å². The van der Waals surface area contributed by atoms with Gasteiger partial charge in [0.25, 0.3) is 0 Å². The van der Waals surface area contributed by atoms with Gasteiger partial charge in [-0.3, -0.25) is 4.79 Å². The third-order valence-corrected chi connectivity index (χ3v) is 4.50. The minimum absolute atomic E-state index is 0.172. The molecule has 1 heterocycles. The molecule has 0 fully saturated rings. The van der Waals surface area contributed by atoms with Gasteiger partial charge >= 0.3 is 6.03 Å². The van der Waals surface area contributed by atoms with Gasteiger partial charge in [0.05, 0.1) is 12.1 Å². The van der Waals surface area contributed by atoms with Crippen molar-refractivity contribution in [1.29, 1.82) is 0 Å². The molecule has 0 bridgehead atoms. The normalized spacial score (nSPS) is 17.3. The van der Waals surface area contributed by atoms with E-state index in [1.54, 1.807) is 13.0 Å². The van der Waals surface area contributed by atoms with Crippen molar-refractivity contribution in [3.05, 3.63) is 65.2 Å². The van der Waals surface area contributed by atoms with Crippen molar-refractivity contribution in [2.45, 2.75) is 25.9 Å². The highest BCUT2D eigenvalue weighted by Crippen LogP contribution is 2.32. The second-order valence-electron chi connectivity index (χ2n) is 6.28. The van der Waals surface area contributed by atoms with Gasteiger partial charge in [0, 0.05) is 17.3 Å². The van der Waals surface area contributed by atoms with E-state index in [2.05, 4.69) is 10.6 Å². The van der Waals surface area contributed by atoms with Gasteiger partial charge < -0.3 is 15.5 Å². The Bertz CT molecular complexity index is 856. The third-order valence-electron chi connectivity index (χ3n) is 4.50. The number of amides is 3. The Morgan fingerprint density at radius 2 is 2.00 bits per heavy atom. The number of fused-ring (bicyclic) bond motifs is 1. The zero-order valence-electron chi connectivity index (χ0n) is 14.4. The Hall–Kier alpha value is -2.96. The lowest BCUT2D eigenvalue weighted by Crippen LogP contribution is -2.47. The maximum absolute atomic E-state index is 13.8. The summed E-state index contributed by atoms with van der Waals surface area (Å²) in [6, 6.07) is 9.29. The molecule has 2 N–H and O–H groups in total. The topological polar surface area (TPSA) is 61.4 Å². The van der Waals surface area contributed by atoms with E-state index >= 15 is 0 Å². The second-order valence-corrected chi connectivity index (χ2v) is 6.28. The molecule has 5 nitrogen and oxygen atoms in total. The van der Waals surface area contributed by atoms with Crippen molar-refractivity contribution in [3.8, 4) is 0 Å². The first kappa shape index (κ1) is 17.8. The summed E-state index contributed by atoms with van der Waals surface area (Å²) in [6.07, 6.45) is 0. The summed E-state index contributed by atoms with van der Waals surface area (Å²) in [5, 5.41) is 5.40. The summed E-state index contributed by atoms with van der Waals surface area (Å²) in [7, 11) is 0. The van der Waals surface area contributed by atoms with Crippen LogP contribution in [0.2, 0.25) is 0 Å². The van der Waals surface area contributed by atoms with E-state index in [-0.39, 0.29) is 24.2 Å². The van der Waals surface area contributed by atoms with Crippen LogP contribution in [-0.2, 0) is 4.79 Å². The zero-order valence-corrected chi connectivity index (χ0v) is 14.4. The summed E-state index contributed by atoms with van der Waals surface area (Å²) in [5.74, 6) is -1.83. The molecule has 1 aliphatic heterocycles. The number of hydrogen-bond donors (Lipinski definition) is 2. The smallest absolute Gasteiger partial charge is 0.322 e. The number of benzene rings is 2. The lowest BCUT2D eigenvalue weighted by molar-refractivity contribution is -0.122. The van der Waals surface area contributed by atoms with Crippen LogP contribution in [0.15, 0.2) is 42.5 Å². The number of anilines is 1. The Morgan fingerprint density at radius 1 is 1.27 bits per heavy atom. The Balaban J connectivity index is 1.69. The molecular formula is C19H19F2N3O2. The summed E-state index contributed by atoms with van der Waals surface area (Å²) in [5.41, 5.74) is 1.82. The Morgan fingerprint density at radius 3 is 2.73 bits per heavy atom. The SMILES string of the molecule is C[C@H](NC(=O)CN1C(=O)Nc2ccccc2[C@H]1C)c1ccc(F)cc1F. The molecule has 26 heavy (non-hydrogen) atoms. The molecule has 7 heteroatoms. The maximum atomic E-state index is 13.8. The van der Waals surface area contributed by atoms with Crippen LogP contribution in [0.5, 0.6) is 0 Å². The van der Waals surface area contributed by atoms with Gasteiger partial charge in [-0.1, -0.05) is 24.3 Å². The quantitative estimate of drug-likeness (QED) is 0.873. The minimum atomic E-state index is -0.726. The largest absolute Gasteiger partial charge is 0.348 e. The van der Waals surface area contributed by atoms with Gasteiger partial charge in [0.2, 0.25) is 5.91 Å². The fourth-order valence-electron chi connectivity index (χ4n) is 3.09. The van der Waals surface area contributed by atoms with Crippen LogP contribution in [0.4, 0.5) is 19.3 Å². The van der Waals surface area contributed by atoms with Gasteiger partial charge in [-0.05, 0) is 31.5 Å². The van der Waals surface area contributed by atoms with Gasteiger partial charge in [-0.25, -0.2) is 13.6 Å². The summed E-state index contributed by atoms with van der Waals surface area (Å²) < 4.78 is 26.8. The lowest BCUT2D eigenvalue weighted by atomic mass is 10.0. The first-order valence-corrected chi connectivity index (χ1v) is 8.27. The standard InChI is InChI=1S/C19H19F2N3O2/c1-11(14-8-7-13(20)9-16(14)21)22-18(25)10-24-12(2)15-5-3-4-6-17(15)23-19(24)26/h3-9,11-12H,10H2,1-2H3,(H,22,25)(H,23,26)/t11-,12+/m0/s1. The highest BCUT2D eigenvalue weighted by molar-refractivity contribution is 5.95. The van der Waals surface area contributed by atoms with Gasteiger partial charge in [-0.2, -0.15) is 0 Å². The lowest BCUT2D eigenvalue weighted by Gasteiger charge is -2.35. The van der Waals surface area contributed by atoms with Crippen molar-refractivity contribution in [1.82, 2.24) is 10.2 Å². The molecule has 1 aliphatic rings. The highest BCUT2D eigenvalue weighted by Gasteiger charge is 2.30. The number of nitrogens with one attached hydrogen (secondary N) is 2. The van der Waals surface area contributed by atoms with Gasteiger partial charge in [0.15, 0.2) is 0 Å². The van der Waals surface area contributed by atoms with Crippen LogP contribution in [-0.4, -0.2) is 23.4 Å². The zero-order chi connectivity index (χ0) is 18.8. The second kappa shape index (κ2) is 7.11. The van der Waals surface area contributed by atoms with Crippen molar-refractivity contribution >= 4 is 17.6 Å². The number of rotatable bonds is 4. The summed E-state index contributed by atoms with van der Waals surface area (Å²) >= 11 is 0. The average molecular weight is 359 g/mol. The predicted octanol–water partition coefficient (Wildman–Crippen LogP) is 3.75. The van der Waals surface area contributed by atoms with Gasteiger partial charge in [0.1, 0.15) is 18.2 Å². The summed E-state index contributed by atoms with van der Waals surface area (Å²) in [4.78, 5) is 26.0. The van der Waals surface area contributed by atoms with Crippen LogP contribution >= 0.6 is 0 Å². The molecular weight excluding hydrogens is 340 g/mol. The molecule has 2 aromatic rings. The maximum Gasteiger partial charge on any atom is 0.322 e. The Labute approximate surface area is 150 Å². The Kier molecular flexibility index (Phi) is 4.88. The molecule has 0 saturated carbocycles. The van der Waals surface area contributed by atoms with E-state index in [0.29, 0.717) is 0 Å². The third kappa shape index (κ3) is 3.51. The monoisotopic (exact) mass is 359 g/mol. The van der Waals surface area contributed by atoms with Crippen molar-refractivity contribution in [3.63, 3.8) is 0 Å². The molecule has 0 aromatic heterocycles. The van der Waals surface area contributed by atoms with E-state index in [0.717, 1.165) is 23.4 Å². The fraction of sp³-hybridized carbons (Fsp3) is 0.263. The number of nitrogens with zero attached hydrogens (tertiary/aromatic N) is 1. The predicted molar refractivity (Wildman–Crippen MR) is 93.5 cm³/mol. The molecule has 0 unspecified atom stereocenters. The minimum Gasteiger partial charge on any atom is -0.348 e. The summed E-state index contributed by atoms with van der Waals surface area (Å²) in [6.45, 7) is 3.27. The van der Waals surface area contributed by atoms with E-state index in [1.165, 1.54) is 11.0 Å². The van der Waals surface area contributed by atoms with Crippen LogP contribution in [0.1, 0.15) is 37.1 Å². The van der Waals surface area contributed by atoms with E-state index in [9.17, 15) is 18.4 Å². The molecule has 0 aliphatic carbocycles. The van der Waals surface area contributed by atoms with Crippen LogP contribution < -0.4 is 10.6 Å². The fourth-order valence-corrected chi connectivity index (χ4v) is 3.09. The molecule has 3 rings (SSSR count). The van der Waals surface area contributed by atoms with E-state index < -0.39 is 23.6 Å². The highest BCUT2D eigenvalue weighted by atomic mass is 19.1. The van der Waals surface area contributed by atoms with Crippen LogP contribution in [0.25, 0.3) is 0 Å². The molecule has 0 radical (unpaired) electrons. The average Bonchev–Trinajstić information content (AvgIpc) is 2.58. The number of hydrogen-bond acceptors (Lipinski definition) is 2. The number of urea groups is 1. The van der Waals surface area contributed by atoms with Crippen LogP contribution in [0, 0.1) is 11.6 Å². The molecule has 2 aromatic carbocycles. The van der Waals surface area contributed by atoms with Crippen LogP contribution in [0.3, 0.4) is 0 Å². The molecule has 2 atom stereocenters. The number of carbonyl (C=O) groups excluding carboxylic acids is 2. The van der Waals surface area contributed by atoms with Crippen molar-refractivity contribution < 1.29 is 18.4 Å². The molecule has 0 saturated heterocycles. The molecule has 136 valence electrons. The first-order chi connectivity index (χ1) is 12.4.